The number of ketones is 1. The van der Waals surface area contributed by atoms with Crippen molar-refractivity contribution in [2.24, 2.45) is 51.3 Å². The van der Waals surface area contributed by atoms with Gasteiger partial charge in [-0.15, -0.1) is 0 Å². The van der Waals surface area contributed by atoms with Gasteiger partial charge in [0.25, 0.3) is 0 Å². The van der Waals surface area contributed by atoms with Crippen molar-refractivity contribution < 1.29 is 62.3 Å². The van der Waals surface area contributed by atoms with Crippen molar-refractivity contribution in [1.82, 2.24) is 5.43 Å². The zero-order valence-electron chi connectivity index (χ0n) is 30.1. The number of fused-ring (bicyclic) bond motifs is 5. The number of nitrogens with two attached hydrogens (primary N) is 1. The molecule has 0 aromatic carbocycles. The van der Waals surface area contributed by atoms with Crippen LogP contribution in [0.5, 0.6) is 0 Å². The molecule has 1 aliphatic heterocycles. The van der Waals surface area contributed by atoms with Crippen LogP contribution in [0.25, 0.3) is 0 Å². The Hall–Kier alpha value is -3.63. The molecule has 4 saturated carbocycles. The van der Waals surface area contributed by atoms with Crippen molar-refractivity contribution in [2.75, 3.05) is 13.7 Å². The Morgan fingerprint density at radius 3 is 2.20 bits per heavy atom. The standard InChI is InChI=1S/C35H51N3O13/c1-16(39)48-27-28(49-17(2)40)30(50-18(3)41)32(51-29(27)31(44)46-6)47-15-24(37-38-33(36)45)23-10-9-22-21-8-7-19-13-20(42)11-12-34(19,4)26(21)25(43)14-35(22,23)5/h19-23,26-30,32,42H,7-15H2,1-6H3,(H3,36,38,45). The minimum atomic E-state index is -1.65. The van der Waals surface area contributed by atoms with E-state index in [1.54, 1.807) is 0 Å². The summed E-state index contributed by atoms with van der Waals surface area (Å²) >= 11 is 0. The van der Waals surface area contributed by atoms with Gasteiger partial charge in [0.2, 0.25) is 0 Å². The lowest BCUT2D eigenvalue weighted by molar-refractivity contribution is -0.298. The molecular formula is C35H51N3O13. The quantitative estimate of drug-likeness (QED) is 0.134. The lowest BCUT2D eigenvalue weighted by atomic mass is 9.44. The highest BCUT2D eigenvalue weighted by atomic mass is 16.7. The molecular weight excluding hydrogens is 670 g/mol. The lowest BCUT2D eigenvalue weighted by Gasteiger charge is -2.59. The topological polar surface area (TPSA) is 228 Å². The maximum absolute atomic E-state index is 14.2. The summed E-state index contributed by atoms with van der Waals surface area (Å²) in [4.78, 5) is 75.6. The van der Waals surface area contributed by atoms with Crippen LogP contribution in [0.4, 0.5) is 4.79 Å². The molecule has 1 heterocycles. The van der Waals surface area contributed by atoms with E-state index >= 15 is 0 Å². The normalized spacial score (nSPS) is 40.5. The number of nitrogens with zero attached hydrogens (tertiary/aromatic N) is 1. The maximum atomic E-state index is 14.2. The number of aliphatic hydroxyl groups is 1. The van der Waals surface area contributed by atoms with Crippen molar-refractivity contribution in [1.29, 1.82) is 0 Å². The number of urea groups is 1. The molecule has 13 atom stereocenters. The van der Waals surface area contributed by atoms with E-state index in [2.05, 4.69) is 24.4 Å². The monoisotopic (exact) mass is 721 g/mol. The molecule has 0 aromatic heterocycles. The summed E-state index contributed by atoms with van der Waals surface area (Å²) in [5.41, 5.74) is 7.33. The van der Waals surface area contributed by atoms with Gasteiger partial charge in [0, 0.05) is 39.0 Å². The van der Waals surface area contributed by atoms with Gasteiger partial charge in [-0.3, -0.25) is 19.2 Å². The smallest absolute Gasteiger partial charge is 0.339 e. The fraction of sp³-hybridized carbons (Fsp3) is 0.800. The Labute approximate surface area is 296 Å². The third-order valence-corrected chi connectivity index (χ3v) is 12.3. The number of hydrogen-bond donors (Lipinski definition) is 3. The molecule has 1 saturated heterocycles. The minimum absolute atomic E-state index is 0.0975. The second-order valence-corrected chi connectivity index (χ2v) is 15.3. The first kappa shape index (κ1) is 38.6. The molecule has 284 valence electrons. The fourth-order valence-electron chi connectivity index (χ4n) is 10.3. The molecule has 4 N–H and O–H groups in total. The minimum Gasteiger partial charge on any atom is -0.467 e. The highest BCUT2D eigenvalue weighted by molar-refractivity contribution is 5.92. The molecule has 0 aromatic rings. The Morgan fingerprint density at radius 2 is 1.57 bits per heavy atom. The first-order chi connectivity index (χ1) is 24.0. The van der Waals surface area contributed by atoms with E-state index in [9.17, 15) is 33.9 Å². The Kier molecular flexibility index (Phi) is 11.5. The highest BCUT2D eigenvalue weighted by Gasteiger charge is 2.64. The Bertz CT molecular complexity index is 1440. The average molecular weight is 722 g/mol. The number of Topliss-reactive ketones (excluding diaryl/α,β-unsaturated/α-hetero) is 1. The predicted octanol–water partition coefficient (Wildman–Crippen LogP) is 1.92. The molecule has 13 unspecified atom stereocenters. The van der Waals surface area contributed by atoms with Crippen molar-refractivity contribution in [3.8, 4) is 0 Å². The van der Waals surface area contributed by atoms with Gasteiger partial charge in [0.15, 0.2) is 30.7 Å². The van der Waals surface area contributed by atoms with Gasteiger partial charge >= 0.3 is 29.9 Å². The first-order valence-corrected chi connectivity index (χ1v) is 17.7. The zero-order chi connectivity index (χ0) is 37.4. The average Bonchev–Trinajstić information content (AvgIpc) is 3.38. The van der Waals surface area contributed by atoms with Crippen molar-refractivity contribution in [2.45, 2.75) is 123 Å². The van der Waals surface area contributed by atoms with Gasteiger partial charge in [0.05, 0.1) is 25.5 Å². The number of hydrazone groups is 1. The second kappa shape index (κ2) is 15.2. The molecule has 51 heavy (non-hydrogen) atoms. The predicted molar refractivity (Wildman–Crippen MR) is 175 cm³/mol. The number of carbonyl (C=O) groups is 6. The SMILES string of the molecule is COC(=O)C1OC(OCC(=NNC(N)=O)C2CCC3C4CCC5CC(O)CCC5(C)C4C(=O)CC23C)C(OC(C)=O)C(OC(C)=O)C1OC(C)=O. The van der Waals surface area contributed by atoms with E-state index < -0.39 is 66.0 Å². The third-order valence-electron chi connectivity index (χ3n) is 12.3. The number of carbonyl (C=O) groups excluding carboxylic acids is 6. The number of methoxy groups -OCH3 is 1. The fourth-order valence-corrected chi connectivity index (χ4v) is 10.3. The molecule has 5 aliphatic rings. The van der Waals surface area contributed by atoms with Crippen LogP contribution >= 0.6 is 0 Å². The van der Waals surface area contributed by atoms with E-state index in [4.69, 9.17) is 34.2 Å². The number of esters is 4. The van der Waals surface area contributed by atoms with Crippen LogP contribution in [0.2, 0.25) is 0 Å². The molecule has 0 spiro atoms. The number of amides is 2. The second-order valence-electron chi connectivity index (χ2n) is 15.3. The van der Waals surface area contributed by atoms with Crippen LogP contribution in [0.1, 0.15) is 86.0 Å². The van der Waals surface area contributed by atoms with Crippen LogP contribution in [0.15, 0.2) is 5.10 Å². The number of nitrogens with one attached hydrogen (secondary N) is 1. The lowest BCUT2D eigenvalue weighted by Crippen LogP contribution is -2.64. The molecule has 16 heteroatoms. The number of ether oxygens (including phenoxy) is 6. The van der Waals surface area contributed by atoms with Crippen LogP contribution in [0.3, 0.4) is 0 Å². The van der Waals surface area contributed by atoms with E-state index in [0.29, 0.717) is 30.9 Å². The molecule has 0 radical (unpaired) electrons. The summed E-state index contributed by atoms with van der Waals surface area (Å²) in [6, 6.07) is -0.922. The third kappa shape index (κ3) is 7.63. The molecule has 16 nitrogen and oxygen atoms in total. The summed E-state index contributed by atoms with van der Waals surface area (Å²) in [6.45, 7) is 7.24. The van der Waals surface area contributed by atoms with E-state index in [0.717, 1.165) is 60.0 Å². The number of primary amides is 1. The van der Waals surface area contributed by atoms with Crippen LogP contribution in [0, 0.1) is 40.4 Å². The van der Waals surface area contributed by atoms with Gasteiger partial charge in [-0.1, -0.05) is 13.8 Å². The van der Waals surface area contributed by atoms with E-state index in [-0.39, 0.29) is 47.6 Å². The Morgan fingerprint density at radius 1 is 0.922 bits per heavy atom. The molecule has 5 rings (SSSR count). The van der Waals surface area contributed by atoms with Crippen molar-refractivity contribution in [3.05, 3.63) is 0 Å². The van der Waals surface area contributed by atoms with Gasteiger partial charge < -0.3 is 39.3 Å². The van der Waals surface area contributed by atoms with Gasteiger partial charge in [-0.2, -0.15) is 5.10 Å². The van der Waals surface area contributed by atoms with Crippen molar-refractivity contribution in [3.63, 3.8) is 0 Å². The molecule has 0 bridgehead atoms. The summed E-state index contributed by atoms with van der Waals surface area (Å²) in [7, 11) is 1.09. The molecule has 2 amide bonds. The van der Waals surface area contributed by atoms with E-state index in [1.165, 1.54) is 0 Å². The summed E-state index contributed by atoms with van der Waals surface area (Å²) in [5, 5.41) is 14.8. The van der Waals surface area contributed by atoms with Crippen LogP contribution in [-0.4, -0.2) is 97.0 Å². The summed E-state index contributed by atoms with van der Waals surface area (Å²) < 4.78 is 33.2. The maximum Gasteiger partial charge on any atom is 0.339 e. The van der Waals surface area contributed by atoms with E-state index in [1.807, 2.05) is 0 Å². The summed E-state index contributed by atoms with van der Waals surface area (Å²) in [5.74, 6) is -3.07. The molecule has 4 aliphatic carbocycles. The van der Waals surface area contributed by atoms with Crippen LogP contribution in [-0.2, 0) is 52.4 Å². The van der Waals surface area contributed by atoms with Gasteiger partial charge in [0.1, 0.15) is 5.78 Å². The summed E-state index contributed by atoms with van der Waals surface area (Å²) in [6.07, 6.45) is -2.38. The van der Waals surface area contributed by atoms with Gasteiger partial charge in [-0.05, 0) is 73.5 Å². The number of rotatable bonds is 9. The first-order valence-electron chi connectivity index (χ1n) is 17.7. The largest absolute Gasteiger partial charge is 0.467 e. The van der Waals surface area contributed by atoms with Crippen molar-refractivity contribution >= 4 is 41.4 Å². The van der Waals surface area contributed by atoms with Gasteiger partial charge in [-0.25, -0.2) is 15.0 Å². The number of aliphatic hydroxyl groups excluding tert-OH is 1. The molecule has 5 fully saturated rings. The number of hydrogen-bond acceptors (Lipinski definition) is 14. The Balaban J connectivity index is 1.44. The zero-order valence-corrected chi connectivity index (χ0v) is 30.1. The highest BCUT2D eigenvalue weighted by Crippen LogP contribution is 2.66. The van der Waals surface area contributed by atoms with Crippen LogP contribution < -0.4 is 11.2 Å².